The van der Waals surface area contributed by atoms with Crippen LogP contribution in [-0.2, 0) is 4.79 Å². The normalized spacial score (nSPS) is 13.0. The van der Waals surface area contributed by atoms with Gasteiger partial charge in [-0.1, -0.05) is 345 Å². The Kier molecular flexibility index (Phi) is 63.2. The molecule has 0 saturated carbocycles. The third kappa shape index (κ3) is 61.1. The molecule has 0 fully saturated rings. The minimum atomic E-state index is -0.862. The molecule has 73 heavy (non-hydrogen) atoms. The Hall–Kier alpha value is -1.65. The summed E-state index contributed by atoms with van der Waals surface area (Å²) in [7, 11) is 0. The molecule has 0 spiro atoms. The number of hydrogen-bond donors (Lipinski definition) is 3. The highest BCUT2D eigenvalue weighted by Crippen LogP contribution is 2.18. The van der Waals surface area contributed by atoms with Gasteiger partial charge < -0.3 is 15.5 Å². The van der Waals surface area contributed by atoms with Gasteiger partial charge in [0.15, 0.2) is 0 Å². The van der Waals surface area contributed by atoms with E-state index in [0.717, 1.165) is 38.5 Å². The number of carbonyl (C=O) groups is 1. The van der Waals surface area contributed by atoms with Crippen molar-refractivity contribution in [3.05, 3.63) is 48.6 Å². The number of aliphatic hydroxyl groups excluding tert-OH is 2. The van der Waals surface area contributed by atoms with Crippen LogP contribution >= 0.6 is 0 Å². The molecule has 430 valence electrons. The maximum absolute atomic E-state index is 12.5. The number of allylic oxidation sites excluding steroid dienone is 7. The Morgan fingerprint density at radius 1 is 0.329 bits per heavy atom. The largest absolute Gasteiger partial charge is 0.394 e. The smallest absolute Gasteiger partial charge is 0.220 e. The molecule has 3 N–H and O–H groups in total. The number of amides is 1. The van der Waals surface area contributed by atoms with E-state index in [1.165, 1.54) is 308 Å². The Morgan fingerprint density at radius 3 is 0.877 bits per heavy atom. The zero-order valence-corrected chi connectivity index (χ0v) is 49.7. The van der Waals surface area contributed by atoms with Crippen molar-refractivity contribution in [2.24, 2.45) is 0 Å². The quantitative estimate of drug-likeness (QED) is 0.0420. The van der Waals surface area contributed by atoms with E-state index in [1.54, 1.807) is 6.08 Å². The zero-order valence-electron chi connectivity index (χ0n) is 49.7. The van der Waals surface area contributed by atoms with Crippen molar-refractivity contribution in [2.75, 3.05) is 6.61 Å². The van der Waals surface area contributed by atoms with E-state index in [9.17, 15) is 15.0 Å². The minimum absolute atomic E-state index is 0.0666. The highest BCUT2D eigenvalue weighted by atomic mass is 16.3. The van der Waals surface area contributed by atoms with Gasteiger partial charge in [-0.3, -0.25) is 4.79 Å². The second-order valence-electron chi connectivity index (χ2n) is 22.9. The molecule has 0 heterocycles. The van der Waals surface area contributed by atoms with Crippen LogP contribution in [0.4, 0.5) is 0 Å². The first kappa shape index (κ1) is 71.3. The van der Waals surface area contributed by atoms with Crippen molar-refractivity contribution < 1.29 is 15.0 Å². The number of rotatable bonds is 62. The predicted molar refractivity (Wildman–Crippen MR) is 327 cm³/mol. The van der Waals surface area contributed by atoms with Gasteiger partial charge in [0.05, 0.1) is 18.8 Å². The fraction of sp³-hybridized carbons (Fsp3) is 0.870. The van der Waals surface area contributed by atoms with E-state index in [4.69, 9.17) is 0 Å². The molecule has 0 radical (unpaired) electrons. The fourth-order valence-electron chi connectivity index (χ4n) is 10.5. The van der Waals surface area contributed by atoms with Crippen LogP contribution in [0, 0.1) is 0 Å². The molecule has 4 heteroatoms. The van der Waals surface area contributed by atoms with Gasteiger partial charge in [0.25, 0.3) is 0 Å². The van der Waals surface area contributed by atoms with Crippen LogP contribution in [0.25, 0.3) is 0 Å². The molecule has 0 aromatic carbocycles. The van der Waals surface area contributed by atoms with E-state index < -0.39 is 12.1 Å². The molecule has 2 unspecified atom stereocenters. The topological polar surface area (TPSA) is 69.6 Å². The Balaban J connectivity index is 3.42. The second kappa shape index (κ2) is 64.6. The zero-order chi connectivity index (χ0) is 52.7. The third-order valence-corrected chi connectivity index (χ3v) is 15.5. The minimum Gasteiger partial charge on any atom is -0.394 e. The van der Waals surface area contributed by atoms with Gasteiger partial charge in [0, 0.05) is 6.42 Å². The summed E-state index contributed by atoms with van der Waals surface area (Å²) < 4.78 is 0. The third-order valence-electron chi connectivity index (χ3n) is 15.5. The van der Waals surface area contributed by atoms with Gasteiger partial charge in [-0.25, -0.2) is 0 Å². The van der Waals surface area contributed by atoms with Crippen LogP contribution in [-0.4, -0.2) is 34.9 Å². The van der Waals surface area contributed by atoms with Crippen molar-refractivity contribution in [1.82, 2.24) is 5.32 Å². The summed E-state index contributed by atoms with van der Waals surface area (Å²) in [4.78, 5) is 12.5. The number of unbranched alkanes of at least 4 members (excludes halogenated alkanes) is 49. The number of nitrogens with one attached hydrogen (secondary N) is 1. The predicted octanol–water partition coefficient (Wildman–Crippen LogP) is 22.5. The lowest BCUT2D eigenvalue weighted by Gasteiger charge is -2.19. The number of aliphatic hydroxyl groups is 2. The molecular formula is C69H131NO3. The molecule has 1 amide bonds. The molecule has 4 nitrogen and oxygen atoms in total. The summed E-state index contributed by atoms with van der Waals surface area (Å²) in [5.41, 5.74) is 0. The van der Waals surface area contributed by atoms with Gasteiger partial charge in [-0.2, -0.15) is 0 Å². The van der Waals surface area contributed by atoms with Crippen LogP contribution in [0.2, 0.25) is 0 Å². The lowest BCUT2D eigenvalue weighted by atomic mass is 10.0. The first-order valence-electron chi connectivity index (χ1n) is 33.4. The summed E-state index contributed by atoms with van der Waals surface area (Å²) in [5.74, 6) is -0.0666. The van der Waals surface area contributed by atoms with E-state index in [0.29, 0.717) is 6.42 Å². The second-order valence-corrected chi connectivity index (χ2v) is 22.9. The standard InChI is InChI=1S/C69H131NO3/c1-3-5-7-9-11-13-15-17-19-21-23-25-27-28-29-30-31-32-33-34-35-36-37-38-39-40-41-42-43-45-47-49-51-53-55-57-59-61-63-65-69(73)70-67(66-71)68(72)64-62-60-58-56-54-52-50-48-46-44-26-24-22-20-18-16-14-12-10-8-6-4-2/h15,17,21,23,54,56,62,64,67-68,71-72H,3-14,16,18-20,22,24-53,55,57-61,63,65-66H2,1-2H3,(H,70,73)/b17-15-,23-21-,56-54+,64-62+. The van der Waals surface area contributed by atoms with Crippen LogP contribution in [0.3, 0.4) is 0 Å². The molecule has 2 atom stereocenters. The molecule has 0 saturated heterocycles. The van der Waals surface area contributed by atoms with Crippen molar-refractivity contribution >= 4 is 5.91 Å². The van der Waals surface area contributed by atoms with Crippen LogP contribution in [0.15, 0.2) is 48.6 Å². The van der Waals surface area contributed by atoms with Crippen molar-refractivity contribution in [1.29, 1.82) is 0 Å². The van der Waals surface area contributed by atoms with E-state index in [-0.39, 0.29) is 12.5 Å². The molecular weight excluding hydrogens is 891 g/mol. The summed E-state index contributed by atoms with van der Waals surface area (Å²) in [6.07, 6.45) is 90.5. The SMILES string of the molecule is CCCCCCC/C=C\C/C=C\CCCCCCCCCCCCCCCCCCCCCCCCCCCCCC(=O)NC(CO)C(O)/C=C/CC/C=C/CCCCCCCCCCCCCCCCCC. The summed E-state index contributed by atoms with van der Waals surface area (Å²) in [6.45, 7) is 4.32. The summed E-state index contributed by atoms with van der Waals surface area (Å²) in [6, 6.07) is -0.639. The maximum Gasteiger partial charge on any atom is 0.220 e. The molecule has 0 bridgehead atoms. The number of hydrogen-bond acceptors (Lipinski definition) is 3. The van der Waals surface area contributed by atoms with Gasteiger partial charge >= 0.3 is 0 Å². The highest BCUT2D eigenvalue weighted by Gasteiger charge is 2.18. The lowest BCUT2D eigenvalue weighted by molar-refractivity contribution is -0.123. The molecule has 0 rings (SSSR count). The average Bonchev–Trinajstić information content (AvgIpc) is 3.40. The monoisotopic (exact) mass is 1020 g/mol. The van der Waals surface area contributed by atoms with Crippen molar-refractivity contribution in [3.63, 3.8) is 0 Å². The average molecular weight is 1020 g/mol. The van der Waals surface area contributed by atoms with Gasteiger partial charge in [-0.15, -0.1) is 0 Å². The van der Waals surface area contributed by atoms with Crippen LogP contribution < -0.4 is 5.32 Å². The first-order chi connectivity index (χ1) is 36.2. The molecule has 0 aliphatic carbocycles. The van der Waals surface area contributed by atoms with E-state index in [2.05, 4.69) is 55.6 Å². The summed E-state index contributed by atoms with van der Waals surface area (Å²) >= 11 is 0. The molecule has 0 aliphatic rings. The molecule has 0 aliphatic heterocycles. The first-order valence-corrected chi connectivity index (χ1v) is 33.4. The van der Waals surface area contributed by atoms with Gasteiger partial charge in [0.2, 0.25) is 5.91 Å². The van der Waals surface area contributed by atoms with Gasteiger partial charge in [0.1, 0.15) is 0 Å². The Bertz CT molecular complexity index is 1160. The molecule has 0 aromatic rings. The summed E-state index contributed by atoms with van der Waals surface area (Å²) in [5, 5.41) is 23.2. The van der Waals surface area contributed by atoms with E-state index in [1.807, 2.05) is 6.08 Å². The highest BCUT2D eigenvalue weighted by molar-refractivity contribution is 5.76. The lowest BCUT2D eigenvalue weighted by Crippen LogP contribution is -2.45. The maximum atomic E-state index is 12.5. The van der Waals surface area contributed by atoms with Gasteiger partial charge in [-0.05, 0) is 64.2 Å². The Labute approximate surface area is 458 Å². The number of carbonyl (C=O) groups excluding carboxylic acids is 1. The van der Waals surface area contributed by atoms with Crippen molar-refractivity contribution in [2.45, 2.75) is 379 Å². The molecule has 0 aromatic heterocycles. The van der Waals surface area contributed by atoms with E-state index >= 15 is 0 Å². The van der Waals surface area contributed by atoms with Crippen LogP contribution in [0.5, 0.6) is 0 Å². The van der Waals surface area contributed by atoms with Crippen molar-refractivity contribution in [3.8, 4) is 0 Å². The van der Waals surface area contributed by atoms with Crippen LogP contribution in [0.1, 0.15) is 367 Å². The fourth-order valence-corrected chi connectivity index (χ4v) is 10.5. The Morgan fingerprint density at radius 2 is 0.575 bits per heavy atom.